The number of carbonyl (C=O) groups is 1. The highest BCUT2D eigenvalue weighted by Gasteiger charge is 2.34. The first-order chi connectivity index (χ1) is 10.9. The number of hydrogen-bond donors (Lipinski definition) is 4. The van der Waals surface area contributed by atoms with Gasteiger partial charge in [-0.3, -0.25) is 4.79 Å². The van der Waals surface area contributed by atoms with E-state index in [1.165, 1.54) is 25.7 Å². The van der Waals surface area contributed by atoms with Gasteiger partial charge in [-0.15, -0.1) is 24.8 Å². The van der Waals surface area contributed by atoms with Gasteiger partial charge in [-0.25, -0.2) is 0 Å². The molecule has 1 aliphatic rings. The third kappa shape index (κ3) is 10.6. The Labute approximate surface area is 164 Å². The van der Waals surface area contributed by atoms with Crippen LogP contribution in [0.3, 0.4) is 0 Å². The Balaban J connectivity index is 0. The predicted molar refractivity (Wildman–Crippen MR) is 107 cm³/mol. The number of piperidine rings is 1. The lowest BCUT2D eigenvalue weighted by Gasteiger charge is -2.34. The van der Waals surface area contributed by atoms with Gasteiger partial charge in [-0.2, -0.15) is 0 Å². The van der Waals surface area contributed by atoms with Crippen LogP contribution in [0, 0.1) is 5.92 Å². The van der Waals surface area contributed by atoms with E-state index in [2.05, 4.69) is 11.8 Å². The molecule has 1 fully saturated rings. The molecule has 0 amide bonds. The van der Waals surface area contributed by atoms with Crippen LogP contribution in [0.5, 0.6) is 0 Å². The van der Waals surface area contributed by atoms with Crippen molar-refractivity contribution in [2.24, 2.45) is 11.7 Å². The maximum absolute atomic E-state index is 11.5. The molecule has 1 saturated heterocycles. The molecule has 1 rings (SSSR count). The fourth-order valence-electron chi connectivity index (χ4n) is 3.37. The summed E-state index contributed by atoms with van der Waals surface area (Å²) >= 11 is 0. The minimum Gasteiger partial charge on any atom is -0.480 e. The SMILES string of the molecule is CCCC1CCN(CCC(N)(CCCCB(O)O)C(=O)O)CC1.Cl.Cl. The molecule has 0 spiro atoms. The van der Waals surface area contributed by atoms with E-state index in [-0.39, 0.29) is 31.1 Å². The highest BCUT2D eigenvalue weighted by molar-refractivity contribution is 6.40. The van der Waals surface area contributed by atoms with Crippen LogP contribution < -0.4 is 5.73 Å². The molecule has 1 unspecified atom stereocenters. The predicted octanol–water partition coefficient (Wildman–Crippen LogP) is 2.16. The number of halogens is 2. The zero-order valence-corrected chi connectivity index (χ0v) is 16.9. The summed E-state index contributed by atoms with van der Waals surface area (Å²) in [5, 5.41) is 27.1. The van der Waals surface area contributed by atoms with E-state index in [0.717, 1.165) is 25.6 Å². The van der Waals surface area contributed by atoms with E-state index in [9.17, 15) is 9.90 Å². The van der Waals surface area contributed by atoms with Gasteiger partial charge in [-0.1, -0.05) is 32.6 Å². The summed E-state index contributed by atoms with van der Waals surface area (Å²) in [7, 11) is -1.32. The molecule has 1 heterocycles. The van der Waals surface area contributed by atoms with Gasteiger partial charge in [0.15, 0.2) is 0 Å². The Hall–Kier alpha value is -0.0451. The van der Waals surface area contributed by atoms with Gasteiger partial charge in [0, 0.05) is 6.54 Å². The van der Waals surface area contributed by atoms with Crippen molar-refractivity contribution in [2.75, 3.05) is 19.6 Å². The van der Waals surface area contributed by atoms with Crippen LogP contribution in [0.4, 0.5) is 0 Å². The maximum atomic E-state index is 11.5. The zero-order chi connectivity index (χ0) is 17.3. The summed E-state index contributed by atoms with van der Waals surface area (Å²) in [5.41, 5.74) is 4.89. The first kappa shape index (κ1) is 27.2. The normalized spacial score (nSPS) is 17.9. The first-order valence-corrected chi connectivity index (χ1v) is 8.98. The topological polar surface area (TPSA) is 107 Å². The van der Waals surface area contributed by atoms with Crippen molar-refractivity contribution in [3.63, 3.8) is 0 Å². The number of unbranched alkanes of at least 4 members (excludes halogenated alkanes) is 1. The average Bonchev–Trinajstić information content (AvgIpc) is 2.51. The van der Waals surface area contributed by atoms with Crippen molar-refractivity contribution >= 4 is 37.9 Å². The van der Waals surface area contributed by atoms with Gasteiger partial charge in [0.2, 0.25) is 0 Å². The lowest BCUT2D eigenvalue weighted by molar-refractivity contribution is -0.144. The molecule has 0 saturated carbocycles. The van der Waals surface area contributed by atoms with Gasteiger partial charge in [0.05, 0.1) is 0 Å². The minimum absolute atomic E-state index is 0. The minimum atomic E-state index is -1.32. The number of nitrogens with zero attached hydrogens (tertiary/aromatic N) is 1. The number of likely N-dealkylation sites (tertiary alicyclic amines) is 1. The van der Waals surface area contributed by atoms with Crippen LogP contribution in [0.1, 0.15) is 58.3 Å². The fraction of sp³-hybridized carbons (Fsp3) is 0.938. The van der Waals surface area contributed by atoms with E-state index in [4.69, 9.17) is 15.8 Å². The van der Waals surface area contributed by atoms with Crippen molar-refractivity contribution in [1.29, 1.82) is 0 Å². The van der Waals surface area contributed by atoms with Gasteiger partial charge >= 0.3 is 13.1 Å². The van der Waals surface area contributed by atoms with E-state index in [0.29, 0.717) is 25.7 Å². The summed E-state index contributed by atoms with van der Waals surface area (Å²) < 4.78 is 0. The number of hydrogen-bond acceptors (Lipinski definition) is 5. The van der Waals surface area contributed by atoms with Crippen LogP contribution >= 0.6 is 24.8 Å². The largest absolute Gasteiger partial charge is 0.480 e. The molecule has 0 radical (unpaired) electrons. The molecule has 25 heavy (non-hydrogen) atoms. The molecule has 6 nitrogen and oxygen atoms in total. The number of nitrogens with two attached hydrogens (primary N) is 1. The molecule has 0 aromatic heterocycles. The third-order valence-corrected chi connectivity index (χ3v) is 5.04. The monoisotopic (exact) mass is 400 g/mol. The summed E-state index contributed by atoms with van der Waals surface area (Å²) in [6.07, 6.45) is 7.19. The zero-order valence-electron chi connectivity index (χ0n) is 15.2. The van der Waals surface area contributed by atoms with E-state index >= 15 is 0 Å². The summed E-state index contributed by atoms with van der Waals surface area (Å²) in [4.78, 5) is 13.8. The van der Waals surface area contributed by atoms with Crippen molar-refractivity contribution in [1.82, 2.24) is 4.90 Å². The molecule has 0 aromatic carbocycles. The van der Waals surface area contributed by atoms with Crippen LogP contribution in [0.25, 0.3) is 0 Å². The van der Waals surface area contributed by atoms with Crippen LogP contribution in [0.2, 0.25) is 6.32 Å². The Morgan fingerprint density at radius 2 is 1.80 bits per heavy atom. The van der Waals surface area contributed by atoms with Crippen LogP contribution in [-0.4, -0.2) is 58.3 Å². The summed E-state index contributed by atoms with van der Waals surface area (Å²) in [6, 6.07) is 0. The smallest absolute Gasteiger partial charge is 0.451 e. The van der Waals surface area contributed by atoms with Crippen LogP contribution in [-0.2, 0) is 4.79 Å². The maximum Gasteiger partial charge on any atom is 0.451 e. The molecule has 0 bridgehead atoms. The second kappa shape index (κ2) is 14.1. The molecule has 5 N–H and O–H groups in total. The molecule has 150 valence electrons. The Kier molecular flexibility index (Phi) is 15.3. The number of aliphatic carboxylic acids is 1. The van der Waals surface area contributed by atoms with Gasteiger partial charge in [0.25, 0.3) is 0 Å². The van der Waals surface area contributed by atoms with Crippen molar-refractivity contribution in [3.8, 4) is 0 Å². The molecule has 1 aliphatic heterocycles. The Bertz CT molecular complexity index is 359. The molecule has 0 aliphatic carbocycles. The molecular formula is C16H35BCl2N2O4. The molecular weight excluding hydrogens is 366 g/mol. The molecule has 9 heteroatoms. The highest BCUT2D eigenvalue weighted by Crippen LogP contribution is 2.24. The van der Waals surface area contributed by atoms with E-state index in [1.54, 1.807) is 0 Å². The van der Waals surface area contributed by atoms with E-state index in [1.807, 2.05) is 0 Å². The average molecular weight is 401 g/mol. The van der Waals surface area contributed by atoms with Crippen molar-refractivity contribution in [2.45, 2.75) is 70.1 Å². The first-order valence-electron chi connectivity index (χ1n) is 8.98. The van der Waals surface area contributed by atoms with Crippen LogP contribution in [0.15, 0.2) is 0 Å². The van der Waals surface area contributed by atoms with Crippen molar-refractivity contribution < 1.29 is 19.9 Å². The number of carboxylic acids is 1. The Morgan fingerprint density at radius 1 is 1.20 bits per heavy atom. The summed E-state index contributed by atoms with van der Waals surface area (Å²) in [5.74, 6) is -0.133. The quantitative estimate of drug-likeness (QED) is 0.312. The molecule has 1 atom stereocenters. The third-order valence-electron chi connectivity index (χ3n) is 5.04. The standard InChI is InChI=1S/C16H33BN2O4.2ClH/c1-2-5-14-6-11-19(12-7-14)13-9-16(18,15(20)21)8-3-4-10-17(22)23;;/h14,22-23H,2-13,18H2,1H3,(H,20,21);2*1H. The Morgan fingerprint density at radius 3 is 2.28 bits per heavy atom. The number of carboxylic acid groups (broad SMARTS) is 1. The number of rotatable bonds is 11. The fourth-order valence-corrected chi connectivity index (χ4v) is 3.37. The van der Waals surface area contributed by atoms with Gasteiger partial charge in [0.1, 0.15) is 5.54 Å². The second-order valence-electron chi connectivity index (χ2n) is 7.01. The highest BCUT2D eigenvalue weighted by atomic mass is 35.5. The second-order valence-corrected chi connectivity index (χ2v) is 7.01. The van der Waals surface area contributed by atoms with E-state index < -0.39 is 18.6 Å². The van der Waals surface area contributed by atoms with Crippen molar-refractivity contribution in [3.05, 3.63) is 0 Å². The van der Waals surface area contributed by atoms with Gasteiger partial charge in [-0.05, 0) is 51.0 Å². The lowest BCUT2D eigenvalue weighted by atomic mass is 9.81. The van der Waals surface area contributed by atoms with Gasteiger partial charge < -0.3 is 25.8 Å². The molecule has 0 aromatic rings. The lowest BCUT2D eigenvalue weighted by Crippen LogP contribution is -2.50. The summed E-state index contributed by atoms with van der Waals surface area (Å²) in [6.45, 7) is 5.02.